The molecule has 1 aromatic rings. The molecular weight excluding hydrogens is 192 g/mol. The Bertz CT molecular complexity index is 365. The Morgan fingerprint density at radius 2 is 2.53 bits per heavy atom. The number of amides is 1. The summed E-state index contributed by atoms with van der Waals surface area (Å²) in [5.74, 6) is 0. The molecule has 15 heavy (non-hydrogen) atoms. The van der Waals surface area contributed by atoms with E-state index in [4.69, 9.17) is 4.74 Å². The van der Waals surface area contributed by atoms with Crippen molar-refractivity contribution in [3.05, 3.63) is 29.6 Å². The number of hydrogen-bond donors (Lipinski definition) is 0. The predicted octanol–water partition coefficient (Wildman–Crippen LogP) is 1.60. The summed E-state index contributed by atoms with van der Waals surface area (Å²) >= 11 is 0. The van der Waals surface area contributed by atoms with E-state index in [1.807, 2.05) is 13.0 Å². The van der Waals surface area contributed by atoms with Crippen molar-refractivity contribution in [3.63, 3.8) is 0 Å². The fourth-order valence-electron chi connectivity index (χ4n) is 1.73. The van der Waals surface area contributed by atoms with Gasteiger partial charge in [0.05, 0.1) is 18.8 Å². The van der Waals surface area contributed by atoms with E-state index in [9.17, 15) is 4.79 Å². The van der Waals surface area contributed by atoms with Gasteiger partial charge < -0.3 is 9.64 Å². The number of aromatic nitrogens is 1. The molecule has 0 spiro atoms. The van der Waals surface area contributed by atoms with Gasteiger partial charge in [-0.1, -0.05) is 6.07 Å². The van der Waals surface area contributed by atoms with Gasteiger partial charge in [-0.25, -0.2) is 4.79 Å². The summed E-state index contributed by atoms with van der Waals surface area (Å²) in [4.78, 5) is 17.4. The van der Waals surface area contributed by atoms with Crippen molar-refractivity contribution in [3.8, 4) is 0 Å². The van der Waals surface area contributed by atoms with Gasteiger partial charge in [0.1, 0.15) is 0 Å². The number of pyridine rings is 1. The maximum Gasteiger partial charge on any atom is 0.410 e. The third-order valence-corrected chi connectivity index (χ3v) is 2.50. The maximum absolute atomic E-state index is 11.5. The lowest BCUT2D eigenvalue weighted by atomic mass is 10.1. The lowest BCUT2D eigenvalue weighted by Crippen LogP contribution is -2.36. The molecule has 0 atom stereocenters. The monoisotopic (exact) mass is 206 g/mol. The molecular formula is C11H14N2O2. The first kappa shape index (κ1) is 9.96. The molecule has 0 bridgehead atoms. The number of nitrogens with zero attached hydrogens (tertiary/aromatic N) is 2. The minimum atomic E-state index is -0.242. The summed E-state index contributed by atoms with van der Waals surface area (Å²) in [5, 5.41) is 0. The van der Waals surface area contributed by atoms with E-state index in [0.29, 0.717) is 13.2 Å². The van der Waals surface area contributed by atoms with Crippen molar-refractivity contribution in [1.29, 1.82) is 0 Å². The Kier molecular flexibility index (Phi) is 2.85. The van der Waals surface area contributed by atoms with E-state index >= 15 is 0 Å². The Hall–Kier alpha value is -1.58. The van der Waals surface area contributed by atoms with Gasteiger partial charge in [0, 0.05) is 12.7 Å². The molecule has 2 heterocycles. The van der Waals surface area contributed by atoms with Gasteiger partial charge in [-0.3, -0.25) is 4.98 Å². The van der Waals surface area contributed by atoms with Crippen LogP contribution < -0.4 is 0 Å². The van der Waals surface area contributed by atoms with E-state index in [-0.39, 0.29) is 6.09 Å². The number of fused-ring (bicyclic) bond motifs is 1. The first-order valence-electron chi connectivity index (χ1n) is 5.15. The summed E-state index contributed by atoms with van der Waals surface area (Å²) in [6.07, 6.45) is 2.38. The van der Waals surface area contributed by atoms with E-state index in [1.165, 1.54) is 5.56 Å². The molecule has 1 aliphatic rings. The van der Waals surface area contributed by atoms with Crippen molar-refractivity contribution >= 4 is 6.09 Å². The average molecular weight is 206 g/mol. The summed E-state index contributed by atoms with van der Waals surface area (Å²) in [7, 11) is 0. The van der Waals surface area contributed by atoms with Crippen LogP contribution in [-0.2, 0) is 17.7 Å². The summed E-state index contributed by atoms with van der Waals surface area (Å²) in [5.41, 5.74) is 2.22. The van der Waals surface area contributed by atoms with Gasteiger partial charge in [-0.15, -0.1) is 0 Å². The van der Waals surface area contributed by atoms with Crippen molar-refractivity contribution in [1.82, 2.24) is 9.88 Å². The Labute approximate surface area is 88.9 Å². The highest BCUT2D eigenvalue weighted by Gasteiger charge is 2.21. The SMILES string of the molecule is CCOC(=O)N1CCc2cccnc2C1. The summed E-state index contributed by atoms with van der Waals surface area (Å²) < 4.78 is 4.96. The van der Waals surface area contributed by atoms with Crippen molar-refractivity contribution < 1.29 is 9.53 Å². The highest BCUT2D eigenvalue weighted by atomic mass is 16.6. The number of ether oxygens (including phenoxy) is 1. The highest BCUT2D eigenvalue weighted by molar-refractivity contribution is 5.68. The van der Waals surface area contributed by atoms with E-state index in [2.05, 4.69) is 11.1 Å². The molecule has 0 aromatic carbocycles. The Balaban J connectivity index is 2.08. The zero-order valence-electron chi connectivity index (χ0n) is 8.77. The molecule has 1 aromatic heterocycles. The standard InChI is InChI=1S/C11H14N2O2/c1-2-15-11(14)13-7-5-9-4-3-6-12-10(9)8-13/h3-4,6H,2,5,7-8H2,1H3. The molecule has 80 valence electrons. The van der Waals surface area contributed by atoms with Gasteiger partial charge in [-0.2, -0.15) is 0 Å². The molecule has 1 aliphatic heterocycles. The minimum absolute atomic E-state index is 0.242. The van der Waals surface area contributed by atoms with Gasteiger partial charge in [0.25, 0.3) is 0 Å². The van der Waals surface area contributed by atoms with Crippen LogP contribution in [0.4, 0.5) is 4.79 Å². The molecule has 0 fully saturated rings. The quantitative estimate of drug-likeness (QED) is 0.700. The minimum Gasteiger partial charge on any atom is -0.450 e. The molecule has 0 saturated carbocycles. The van der Waals surface area contributed by atoms with E-state index in [1.54, 1.807) is 11.1 Å². The number of carbonyl (C=O) groups excluding carboxylic acids is 1. The molecule has 1 amide bonds. The molecule has 4 nitrogen and oxygen atoms in total. The Morgan fingerprint density at radius 1 is 1.67 bits per heavy atom. The molecule has 0 saturated heterocycles. The van der Waals surface area contributed by atoms with Crippen LogP contribution in [0, 0.1) is 0 Å². The van der Waals surface area contributed by atoms with Gasteiger partial charge in [0.2, 0.25) is 0 Å². The first-order valence-corrected chi connectivity index (χ1v) is 5.15. The zero-order chi connectivity index (χ0) is 10.7. The molecule has 0 N–H and O–H groups in total. The number of carbonyl (C=O) groups is 1. The molecule has 0 unspecified atom stereocenters. The van der Waals surface area contributed by atoms with Crippen molar-refractivity contribution in [2.45, 2.75) is 19.9 Å². The van der Waals surface area contributed by atoms with Crippen LogP contribution in [0.5, 0.6) is 0 Å². The molecule has 0 aliphatic carbocycles. The highest BCUT2D eigenvalue weighted by Crippen LogP contribution is 2.16. The van der Waals surface area contributed by atoms with Crippen LogP contribution in [0.15, 0.2) is 18.3 Å². The zero-order valence-corrected chi connectivity index (χ0v) is 8.77. The largest absolute Gasteiger partial charge is 0.450 e. The lowest BCUT2D eigenvalue weighted by Gasteiger charge is -2.26. The normalized spacial score (nSPS) is 14.6. The predicted molar refractivity (Wildman–Crippen MR) is 55.4 cm³/mol. The molecule has 2 rings (SSSR count). The second kappa shape index (κ2) is 4.29. The average Bonchev–Trinajstić information content (AvgIpc) is 2.29. The van der Waals surface area contributed by atoms with Gasteiger partial charge >= 0.3 is 6.09 Å². The topological polar surface area (TPSA) is 42.4 Å². The second-order valence-corrected chi connectivity index (χ2v) is 3.48. The van der Waals surface area contributed by atoms with Gasteiger partial charge in [-0.05, 0) is 25.0 Å². The second-order valence-electron chi connectivity index (χ2n) is 3.48. The van der Waals surface area contributed by atoms with Crippen molar-refractivity contribution in [2.75, 3.05) is 13.2 Å². The summed E-state index contributed by atoms with van der Waals surface area (Å²) in [6, 6.07) is 3.99. The van der Waals surface area contributed by atoms with E-state index in [0.717, 1.165) is 18.7 Å². The van der Waals surface area contributed by atoms with Crippen LogP contribution >= 0.6 is 0 Å². The number of hydrogen-bond acceptors (Lipinski definition) is 3. The fraction of sp³-hybridized carbons (Fsp3) is 0.455. The third-order valence-electron chi connectivity index (χ3n) is 2.50. The first-order chi connectivity index (χ1) is 7.31. The van der Waals surface area contributed by atoms with Crippen LogP contribution in [0.25, 0.3) is 0 Å². The van der Waals surface area contributed by atoms with E-state index < -0.39 is 0 Å². The number of rotatable bonds is 1. The van der Waals surface area contributed by atoms with Crippen LogP contribution in [0.1, 0.15) is 18.2 Å². The maximum atomic E-state index is 11.5. The van der Waals surface area contributed by atoms with Crippen LogP contribution in [0.2, 0.25) is 0 Å². The lowest BCUT2D eigenvalue weighted by molar-refractivity contribution is 0.102. The fourth-order valence-corrected chi connectivity index (χ4v) is 1.73. The van der Waals surface area contributed by atoms with Crippen molar-refractivity contribution in [2.24, 2.45) is 0 Å². The summed E-state index contributed by atoms with van der Waals surface area (Å²) in [6.45, 7) is 3.52. The molecule has 4 heteroatoms. The third kappa shape index (κ3) is 2.09. The smallest absolute Gasteiger partial charge is 0.410 e. The Morgan fingerprint density at radius 3 is 3.33 bits per heavy atom. The molecule has 0 radical (unpaired) electrons. The van der Waals surface area contributed by atoms with Crippen LogP contribution in [-0.4, -0.2) is 29.1 Å². The van der Waals surface area contributed by atoms with Crippen LogP contribution in [0.3, 0.4) is 0 Å². The van der Waals surface area contributed by atoms with Gasteiger partial charge in [0.15, 0.2) is 0 Å².